The highest BCUT2D eigenvalue weighted by Gasteiger charge is 2.46. The van der Waals surface area contributed by atoms with E-state index in [1.807, 2.05) is 0 Å². The van der Waals surface area contributed by atoms with Crippen molar-refractivity contribution in [3.8, 4) is 0 Å². The molecule has 2 atom stereocenters. The molecule has 0 N–H and O–H groups in total. The number of hydrogen-bond donors (Lipinski definition) is 0. The van der Waals surface area contributed by atoms with Crippen LogP contribution in [0.15, 0.2) is 36.0 Å². The lowest BCUT2D eigenvalue weighted by Gasteiger charge is -2.26. The van der Waals surface area contributed by atoms with E-state index in [-0.39, 0.29) is 10.9 Å². The molecule has 0 radical (unpaired) electrons. The van der Waals surface area contributed by atoms with Gasteiger partial charge in [-0.2, -0.15) is 4.73 Å². The summed E-state index contributed by atoms with van der Waals surface area (Å²) in [6.07, 6.45) is 5.19. The second-order valence-corrected chi connectivity index (χ2v) is 7.98. The summed E-state index contributed by atoms with van der Waals surface area (Å²) < 4.78 is 25.7. The van der Waals surface area contributed by atoms with Gasteiger partial charge in [0.1, 0.15) is 10.6 Å². The quantitative estimate of drug-likeness (QED) is 0.357. The SMILES string of the molecule is Cc1c[n+]([O-])c(C(C)(Cl)C(C)S(=O)(=O)c2ncccn2)cn1. The third kappa shape index (κ3) is 2.89. The third-order valence-corrected chi connectivity index (χ3v) is 6.23. The van der Waals surface area contributed by atoms with Gasteiger partial charge >= 0.3 is 0 Å². The first kappa shape index (κ1) is 16.6. The van der Waals surface area contributed by atoms with E-state index >= 15 is 0 Å². The molecule has 0 saturated carbocycles. The lowest BCUT2D eigenvalue weighted by atomic mass is 10.0. The van der Waals surface area contributed by atoms with Crippen LogP contribution in [0.2, 0.25) is 0 Å². The Morgan fingerprint density at radius 2 is 1.91 bits per heavy atom. The highest BCUT2D eigenvalue weighted by atomic mass is 35.5. The van der Waals surface area contributed by atoms with E-state index < -0.39 is 20.0 Å². The van der Waals surface area contributed by atoms with Crippen molar-refractivity contribution in [3.05, 3.63) is 47.4 Å². The van der Waals surface area contributed by atoms with E-state index in [1.165, 1.54) is 44.7 Å². The Labute approximate surface area is 133 Å². The predicted octanol–water partition coefficient (Wildman–Crippen LogP) is 1.13. The van der Waals surface area contributed by atoms with E-state index in [0.29, 0.717) is 10.4 Å². The van der Waals surface area contributed by atoms with E-state index in [2.05, 4.69) is 15.0 Å². The predicted molar refractivity (Wildman–Crippen MR) is 79.8 cm³/mol. The van der Waals surface area contributed by atoms with Crippen LogP contribution in [-0.2, 0) is 14.7 Å². The van der Waals surface area contributed by atoms with Crippen LogP contribution in [0.4, 0.5) is 0 Å². The monoisotopic (exact) mass is 342 g/mol. The van der Waals surface area contributed by atoms with Gasteiger partial charge in [0.05, 0.1) is 11.4 Å². The molecule has 0 aliphatic heterocycles. The summed E-state index contributed by atoms with van der Waals surface area (Å²) in [4.78, 5) is 10.0. The number of alkyl halides is 1. The molecule has 0 amide bonds. The minimum absolute atomic E-state index is 0.0479. The normalized spacial score (nSPS) is 16.0. The molecule has 2 rings (SSSR count). The van der Waals surface area contributed by atoms with Crippen molar-refractivity contribution in [3.63, 3.8) is 0 Å². The van der Waals surface area contributed by atoms with Gasteiger partial charge in [0.15, 0.2) is 0 Å². The molecular weight excluding hydrogens is 328 g/mol. The minimum Gasteiger partial charge on any atom is -0.618 e. The van der Waals surface area contributed by atoms with Gasteiger partial charge in [-0.25, -0.2) is 23.4 Å². The second kappa shape index (κ2) is 5.77. The molecule has 0 aromatic carbocycles. The summed E-state index contributed by atoms with van der Waals surface area (Å²) in [5, 5.41) is 10.6. The molecule has 0 aliphatic rings. The van der Waals surface area contributed by atoms with Gasteiger partial charge in [0.25, 0.3) is 0 Å². The van der Waals surface area contributed by atoms with Gasteiger partial charge in [0.2, 0.25) is 26.9 Å². The van der Waals surface area contributed by atoms with Crippen LogP contribution >= 0.6 is 11.6 Å². The fourth-order valence-corrected chi connectivity index (χ4v) is 3.84. The second-order valence-electron chi connectivity index (χ2n) is 5.03. The van der Waals surface area contributed by atoms with Crippen LogP contribution in [0.25, 0.3) is 0 Å². The molecule has 2 aromatic rings. The van der Waals surface area contributed by atoms with E-state index in [0.717, 1.165) is 0 Å². The summed E-state index contributed by atoms with van der Waals surface area (Å²) >= 11 is 6.41. The van der Waals surface area contributed by atoms with Gasteiger partial charge in [-0.15, -0.1) is 11.6 Å². The Bertz CT molecular complexity index is 781. The van der Waals surface area contributed by atoms with Crippen LogP contribution in [-0.4, -0.2) is 28.6 Å². The summed E-state index contributed by atoms with van der Waals surface area (Å²) in [6, 6.07) is 1.51. The fourth-order valence-electron chi connectivity index (χ4n) is 1.92. The largest absolute Gasteiger partial charge is 0.618 e. The maximum atomic E-state index is 12.6. The number of nitrogens with zero attached hydrogens (tertiary/aromatic N) is 4. The molecular formula is C13H15ClN4O3S. The average molecular weight is 343 g/mol. The number of aryl methyl sites for hydroxylation is 1. The molecule has 2 unspecified atom stereocenters. The van der Waals surface area contributed by atoms with Crippen LogP contribution in [0, 0.1) is 12.1 Å². The third-order valence-electron chi connectivity index (χ3n) is 3.46. The maximum absolute atomic E-state index is 12.6. The Hall–Kier alpha value is -1.80. The molecule has 0 fully saturated rings. The van der Waals surface area contributed by atoms with Crippen LogP contribution < -0.4 is 4.73 Å². The molecule has 2 aromatic heterocycles. The van der Waals surface area contributed by atoms with Crippen molar-refractivity contribution in [2.24, 2.45) is 0 Å². The number of sulfone groups is 1. The van der Waals surface area contributed by atoms with Crippen molar-refractivity contribution >= 4 is 21.4 Å². The first-order valence-electron chi connectivity index (χ1n) is 6.43. The van der Waals surface area contributed by atoms with E-state index in [4.69, 9.17) is 11.6 Å². The molecule has 7 nitrogen and oxygen atoms in total. The Kier molecular flexibility index (Phi) is 4.35. The first-order valence-corrected chi connectivity index (χ1v) is 8.36. The van der Waals surface area contributed by atoms with Crippen molar-refractivity contribution in [2.45, 2.75) is 36.1 Å². The van der Waals surface area contributed by atoms with Gasteiger partial charge in [0, 0.05) is 12.4 Å². The molecule has 0 saturated heterocycles. The number of halogens is 1. The summed E-state index contributed by atoms with van der Waals surface area (Å²) in [5.74, 6) is 0. The van der Waals surface area contributed by atoms with Crippen molar-refractivity contribution in [1.29, 1.82) is 0 Å². The maximum Gasteiger partial charge on any atom is 0.247 e. The molecule has 0 aliphatic carbocycles. The van der Waals surface area contributed by atoms with Crippen LogP contribution in [0.3, 0.4) is 0 Å². The number of hydrogen-bond acceptors (Lipinski definition) is 6. The highest BCUT2D eigenvalue weighted by Crippen LogP contribution is 2.35. The Morgan fingerprint density at radius 3 is 2.45 bits per heavy atom. The highest BCUT2D eigenvalue weighted by molar-refractivity contribution is 7.92. The summed E-state index contributed by atoms with van der Waals surface area (Å²) in [5.41, 5.74) is 0.555. The average Bonchev–Trinajstić information content (AvgIpc) is 2.47. The van der Waals surface area contributed by atoms with Gasteiger partial charge < -0.3 is 5.21 Å². The first-order chi connectivity index (χ1) is 10.2. The minimum atomic E-state index is -3.91. The zero-order valence-corrected chi connectivity index (χ0v) is 13.8. The molecule has 22 heavy (non-hydrogen) atoms. The lowest BCUT2D eigenvalue weighted by molar-refractivity contribution is -0.617. The molecule has 2 heterocycles. The van der Waals surface area contributed by atoms with E-state index in [9.17, 15) is 13.6 Å². The van der Waals surface area contributed by atoms with Crippen molar-refractivity contribution in [1.82, 2.24) is 15.0 Å². The molecule has 0 spiro atoms. The topological polar surface area (TPSA) is 99.8 Å². The van der Waals surface area contributed by atoms with Crippen LogP contribution in [0.5, 0.6) is 0 Å². The Morgan fingerprint density at radius 1 is 1.32 bits per heavy atom. The van der Waals surface area contributed by atoms with Crippen LogP contribution in [0.1, 0.15) is 25.2 Å². The molecule has 0 bridgehead atoms. The number of rotatable bonds is 4. The Balaban J connectivity index is 2.49. The molecule has 9 heteroatoms. The van der Waals surface area contributed by atoms with E-state index in [1.54, 1.807) is 6.92 Å². The smallest absolute Gasteiger partial charge is 0.247 e. The van der Waals surface area contributed by atoms with Gasteiger partial charge in [-0.1, -0.05) is 0 Å². The number of aromatic nitrogens is 4. The van der Waals surface area contributed by atoms with Crippen molar-refractivity contribution in [2.75, 3.05) is 0 Å². The molecule has 118 valence electrons. The van der Waals surface area contributed by atoms with Crippen molar-refractivity contribution < 1.29 is 13.1 Å². The summed E-state index contributed by atoms with van der Waals surface area (Å²) in [6.45, 7) is 4.53. The fraction of sp³-hybridized carbons (Fsp3) is 0.385. The van der Waals surface area contributed by atoms with Gasteiger partial charge in [-0.05, 0) is 26.8 Å². The zero-order chi connectivity index (χ0) is 16.5. The zero-order valence-electron chi connectivity index (χ0n) is 12.3. The standard InChI is InChI=1S/C13H15ClN4O3S/c1-9-8-18(19)11(7-17-9)13(3,14)10(2)22(20,21)12-15-5-4-6-16-12/h4-8,10H,1-3H3. The summed E-state index contributed by atoms with van der Waals surface area (Å²) in [7, 11) is -3.91. The lowest BCUT2D eigenvalue weighted by Crippen LogP contribution is -2.46. The van der Waals surface area contributed by atoms with Gasteiger partial charge in [-0.3, -0.25) is 0 Å².